The van der Waals surface area contributed by atoms with E-state index in [0.717, 1.165) is 11.3 Å². The fraction of sp³-hybridized carbons (Fsp3) is 0.409. The van der Waals surface area contributed by atoms with Crippen molar-refractivity contribution in [1.29, 1.82) is 0 Å². The molecule has 0 bridgehead atoms. The van der Waals surface area contributed by atoms with Crippen molar-refractivity contribution in [2.45, 2.75) is 49.9 Å². The van der Waals surface area contributed by atoms with Crippen LogP contribution in [0.2, 0.25) is 0 Å². The van der Waals surface area contributed by atoms with Crippen LogP contribution in [0.15, 0.2) is 45.0 Å². The van der Waals surface area contributed by atoms with Gasteiger partial charge in [-0.3, -0.25) is 4.79 Å². The summed E-state index contributed by atoms with van der Waals surface area (Å²) in [6, 6.07) is 6.74. The fourth-order valence-electron chi connectivity index (χ4n) is 3.38. The summed E-state index contributed by atoms with van der Waals surface area (Å²) in [6.07, 6.45) is 1.60. The van der Waals surface area contributed by atoms with E-state index in [2.05, 4.69) is 15.5 Å². The molecule has 0 saturated heterocycles. The van der Waals surface area contributed by atoms with E-state index in [1.807, 2.05) is 24.6 Å². The van der Waals surface area contributed by atoms with Crippen LogP contribution in [0.5, 0.6) is 0 Å². The number of sulfonamides is 1. The average Bonchev–Trinajstić information content (AvgIpc) is 3.35. The number of benzene rings is 1. The molecule has 3 aromatic rings. The maximum atomic E-state index is 13.0. The van der Waals surface area contributed by atoms with Crippen molar-refractivity contribution in [3.8, 4) is 11.4 Å². The molecule has 0 aliphatic heterocycles. The number of anilines is 1. The van der Waals surface area contributed by atoms with Crippen molar-refractivity contribution in [3.63, 3.8) is 0 Å². The summed E-state index contributed by atoms with van der Waals surface area (Å²) in [6.45, 7) is 9.71. The Labute approximate surface area is 198 Å². The average molecular weight is 492 g/mol. The molecule has 2 aromatic heterocycles. The van der Waals surface area contributed by atoms with Gasteiger partial charge in [0.2, 0.25) is 15.9 Å². The Bertz CT molecular complexity index is 1250. The Hall–Kier alpha value is -2.63. The molecular formula is C22H29N5O4S2. The number of carbonyl (C=O) groups is 1. The number of amides is 1. The SMILES string of the molecule is CCN(CC)S(=O)(=O)c1cc(NC(=O)C(C)Sc2nnc(-c3ccoc3C)n2C)ccc1C. The Kier molecular flexibility index (Phi) is 7.65. The summed E-state index contributed by atoms with van der Waals surface area (Å²) in [5, 5.41) is 11.4. The lowest BCUT2D eigenvalue weighted by Crippen LogP contribution is -2.31. The fourth-order valence-corrected chi connectivity index (χ4v) is 5.91. The molecule has 0 fully saturated rings. The maximum absolute atomic E-state index is 13.0. The van der Waals surface area contributed by atoms with Crippen LogP contribution in [0.3, 0.4) is 0 Å². The lowest BCUT2D eigenvalue weighted by atomic mass is 10.2. The van der Waals surface area contributed by atoms with Crippen molar-refractivity contribution in [2.75, 3.05) is 18.4 Å². The van der Waals surface area contributed by atoms with Gasteiger partial charge in [-0.05, 0) is 44.5 Å². The van der Waals surface area contributed by atoms with Gasteiger partial charge in [0.25, 0.3) is 0 Å². The zero-order chi connectivity index (χ0) is 24.3. The highest BCUT2D eigenvalue weighted by atomic mass is 32.2. The molecule has 1 amide bonds. The van der Waals surface area contributed by atoms with E-state index in [4.69, 9.17) is 4.42 Å². The predicted molar refractivity (Wildman–Crippen MR) is 129 cm³/mol. The standard InChI is InChI=1S/C22H29N5O4S2/c1-7-27(8-2)33(29,30)19-13-17(10-9-14(19)3)23-21(28)16(5)32-22-25-24-20(26(22)6)18-11-12-31-15(18)4/h9-13,16H,7-8H2,1-6H3,(H,23,28). The molecule has 0 radical (unpaired) electrons. The van der Waals surface area contributed by atoms with Gasteiger partial charge < -0.3 is 14.3 Å². The van der Waals surface area contributed by atoms with E-state index in [1.165, 1.54) is 22.1 Å². The highest BCUT2D eigenvalue weighted by molar-refractivity contribution is 8.00. The highest BCUT2D eigenvalue weighted by Crippen LogP contribution is 2.29. The number of carbonyl (C=O) groups excluding carboxylic acids is 1. The topological polar surface area (TPSA) is 110 Å². The third kappa shape index (κ3) is 5.15. The summed E-state index contributed by atoms with van der Waals surface area (Å²) < 4.78 is 34.5. The van der Waals surface area contributed by atoms with Gasteiger partial charge in [-0.2, -0.15) is 4.31 Å². The number of aromatic nitrogens is 3. The molecular weight excluding hydrogens is 462 g/mol. The zero-order valence-corrected chi connectivity index (χ0v) is 21.2. The summed E-state index contributed by atoms with van der Waals surface area (Å²) in [7, 11) is -1.81. The number of rotatable bonds is 9. The van der Waals surface area contributed by atoms with Gasteiger partial charge in [-0.1, -0.05) is 31.7 Å². The normalized spacial score (nSPS) is 12.8. The number of hydrogen-bond acceptors (Lipinski definition) is 7. The summed E-state index contributed by atoms with van der Waals surface area (Å²) in [5.41, 5.74) is 1.90. The van der Waals surface area contributed by atoms with E-state index < -0.39 is 15.3 Å². The van der Waals surface area contributed by atoms with Crippen molar-refractivity contribution in [3.05, 3.63) is 41.9 Å². The molecule has 33 heavy (non-hydrogen) atoms. The second-order valence-corrected chi connectivity index (χ2v) is 10.8. The minimum absolute atomic E-state index is 0.192. The molecule has 1 atom stereocenters. The number of aryl methyl sites for hydroxylation is 2. The minimum Gasteiger partial charge on any atom is -0.469 e. The molecule has 1 aromatic carbocycles. The number of hydrogen-bond donors (Lipinski definition) is 1. The molecule has 0 spiro atoms. The minimum atomic E-state index is -3.64. The first-order chi connectivity index (χ1) is 15.6. The Balaban J connectivity index is 1.76. The summed E-state index contributed by atoms with van der Waals surface area (Å²) >= 11 is 1.27. The Morgan fingerprint density at radius 1 is 1.21 bits per heavy atom. The van der Waals surface area contributed by atoms with Crippen LogP contribution in [0.4, 0.5) is 5.69 Å². The van der Waals surface area contributed by atoms with Crippen LogP contribution in [-0.4, -0.2) is 51.7 Å². The number of furan rings is 1. The first-order valence-electron chi connectivity index (χ1n) is 10.6. The van der Waals surface area contributed by atoms with Crippen LogP contribution in [0.1, 0.15) is 32.1 Å². The number of thioether (sulfide) groups is 1. The second-order valence-electron chi connectivity index (χ2n) is 7.57. The second kappa shape index (κ2) is 10.1. The molecule has 178 valence electrons. The zero-order valence-electron chi connectivity index (χ0n) is 19.6. The molecule has 0 aliphatic carbocycles. The summed E-state index contributed by atoms with van der Waals surface area (Å²) in [4.78, 5) is 13.0. The van der Waals surface area contributed by atoms with E-state index in [-0.39, 0.29) is 10.8 Å². The van der Waals surface area contributed by atoms with Crippen molar-refractivity contribution in [2.24, 2.45) is 7.05 Å². The first-order valence-corrected chi connectivity index (χ1v) is 12.9. The van der Waals surface area contributed by atoms with E-state index in [0.29, 0.717) is 35.3 Å². The molecule has 9 nitrogen and oxygen atoms in total. The third-order valence-electron chi connectivity index (χ3n) is 5.36. The van der Waals surface area contributed by atoms with Gasteiger partial charge in [0.05, 0.1) is 22.0 Å². The van der Waals surface area contributed by atoms with Gasteiger partial charge in [-0.25, -0.2) is 8.42 Å². The van der Waals surface area contributed by atoms with Gasteiger partial charge in [-0.15, -0.1) is 10.2 Å². The van der Waals surface area contributed by atoms with Crippen LogP contribution >= 0.6 is 11.8 Å². The van der Waals surface area contributed by atoms with Gasteiger partial charge in [0.1, 0.15) is 5.76 Å². The van der Waals surface area contributed by atoms with Crippen molar-refractivity contribution >= 4 is 33.4 Å². The molecule has 1 unspecified atom stereocenters. The van der Waals surface area contributed by atoms with E-state index in [9.17, 15) is 13.2 Å². The maximum Gasteiger partial charge on any atom is 0.243 e. The quantitative estimate of drug-likeness (QED) is 0.453. The molecule has 0 saturated carbocycles. The van der Waals surface area contributed by atoms with Gasteiger partial charge in [0, 0.05) is 25.8 Å². The van der Waals surface area contributed by atoms with Crippen LogP contribution in [0, 0.1) is 13.8 Å². The van der Waals surface area contributed by atoms with Crippen LogP contribution in [0.25, 0.3) is 11.4 Å². The number of nitrogens with zero attached hydrogens (tertiary/aromatic N) is 4. The number of nitrogens with one attached hydrogen (secondary N) is 1. The lowest BCUT2D eigenvalue weighted by molar-refractivity contribution is -0.115. The predicted octanol–water partition coefficient (Wildman–Crippen LogP) is 3.84. The Morgan fingerprint density at radius 2 is 1.91 bits per heavy atom. The molecule has 1 N–H and O–H groups in total. The van der Waals surface area contributed by atoms with Crippen LogP contribution in [-0.2, 0) is 21.9 Å². The monoisotopic (exact) mass is 491 g/mol. The first kappa shape index (κ1) is 25.0. The van der Waals surface area contributed by atoms with Crippen molar-refractivity contribution in [1.82, 2.24) is 19.1 Å². The van der Waals surface area contributed by atoms with Crippen molar-refractivity contribution < 1.29 is 17.6 Å². The molecule has 11 heteroatoms. The summed E-state index contributed by atoms with van der Waals surface area (Å²) in [5.74, 6) is 1.13. The molecule has 2 heterocycles. The van der Waals surface area contributed by atoms with Crippen LogP contribution < -0.4 is 5.32 Å². The Morgan fingerprint density at radius 3 is 2.52 bits per heavy atom. The smallest absolute Gasteiger partial charge is 0.243 e. The lowest BCUT2D eigenvalue weighted by Gasteiger charge is -2.20. The van der Waals surface area contributed by atoms with E-state index >= 15 is 0 Å². The molecule has 0 aliphatic rings. The molecule has 3 rings (SSSR count). The third-order valence-corrected chi connectivity index (χ3v) is 8.69. The van der Waals surface area contributed by atoms with Gasteiger partial charge in [0.15, 0.2) is 11.0 Å². The van der Waals surface area contributed by atoms with Gasteiger partial charge >= 0.3 is 0 Å². The highest BCUT2D eigenvalue weighted by Gasteiger charge is 2.25. The van der Waals surface area contributed by atoms with E-state index in [1.54, 1.807) is 46.1 Å². The largest absolute Gasteiger partial charge is 0.469 e.